The van der Waals surface area contributed by atoms with E-state index in [1.54, 1.807) is 0 Å². The first-order valence-corrected chi connectivity index (χ1v) is 14.3. The van der Waals surface area contributed by atoms with Gasteiger partial charge in [-0.15, -0.1) is 0 Å². The molecule has 0 heterocycles. The van der Waals surface area contributed by atoms with Crippen LogP contribution in [0, 0.1) is 0 Å². The predicted molar refractivity (Wildman–Crippen MR) is 135 cm³/mol. The first-order valence-electron chi connectivity index (χ1n) is 12.9. The maximum absolute atomic E-state index is 3.56. The molecule has 0 aliphatic carbocycles. The molecule has 0 saturated heterocycles. The molecular formula is C26H50N2Si. The molecule has 0 amide bonds. The standard InChI is InChI=1S/C26H50N2Si/c29-24-18-23-27-21-16-11-9-7-5-3-1-2-4-6-8-10-12-17-22-28-25-26-19-14-13-15-20-26/h13-15,19-20,27-28H,1-12,16-18,21-25H2,29H3. The van der Waals surface area contributed by atoms with Crippen LogP contribution in [0.5, 0.6) is 0 Å². The zero-order chi connectivity index (χ0) is 20.7. The summed E-state index contributed by atoms with van der Waals surface area (Å²) >= 11 is 0. The summed E-state index contributed by atoms with van der Waals surface area (Å²) in [6.45, 7) is 4.66. The maximum Gasteiger partial charge on any atom is 0.0205 e. The maximum atomic E-state index is 3.56. The Hall–Kier alpha value is -0.643. The number of unbranched alkanes of at least 4 members (excludes halogenated alkanes) is 13. The van der Waals surface area contributed by atoms with E-state index in [1.165, 1.54) is 131 Å². The smallest absolute Gasteiger partial charge is 0.0205 e. The molecule has 1 aromatic rings. The Morgan fingerprint density at radius 3 is 1.38 bits per heavy atom. The second kappa shape index (κ2) is 22.1. The van der Waals surface area contributed by atoms with E-state index in [0.717, 1.165) is 13.1 Å². The highest BCUT2D eigenvalue weighted by molar-refractivity contribution is 6.08. The summed E-state index contributed by atoms with van der Waals surface area (Å²) in [7, 11) is 1.36. The molecule has 0 aliphatic heterocycles. The zero-order valence-corrected chi connectivity index (χ0v) is 21.5. The SMILES string of the molecule is [SiH3]CCCNCCCCCCCCCCCCCCCCNCc1ccccc1. The summed E-state index contributed by atoms with van der Waals surface area (Å²) < 4.78 is 0. The summed E-state index contributed by atoms with van der Waals surface area (Å²) in [6, 6.07) is 12.2. The van der Waals surface area contributed by atoms with Crippen molar-refractivity contribution in [3.8, 4) is 0 Å². The van der Waals surface area contributed by atoms with Crippen molar-refractivity contribution in [1.29, 1.82) is 0 Å². The molecule has 1 rings (SSSR count). The van der Waals surface area contributed by atoms with Crippen LogP contribution >= 0.6 is 0 Å². The molecule has 0 fully saturated rings. The molecule has 0 radical (unpaired) electrons. The molecule has 29 heavy (non-hydrogen) atoms. The molecule has 2 nitrogen and oxygen atoms in total. The average molecular weight is 419 g/mol. The Labute approximate surface area is 185 Å². The molecule has 0 unspecified atom stereocenters. The van der Waals surface area contributed by atoms with Crippen LogP contribution in [-0.4, -0.2) is 29.9 Å². The van der Waals surface area contributed by atoms with Gasteiger partial charge in [0.1, 0.15) is 0 Å². The van der Waals surface area contributed by atoms with Gasteiger partial charge >= 0.3 is 0 Å². The topological polar surface area (TPSA) is 24.1 Å². The molecule has 3 heteroatoms. The Morgan fingerprint density at radius 1 is 0.483 bits per heavy atom. The van der Waals surface area contributed by atoms with Gasteiger partial charge in [-0.1, -0.05) is 113 Å². The van der Waals surface area contributed by atoms with Gasteiger partial charge in [-0.25, -0.2) is 0 Å². The lowest BCUT2D eigenvalue weighted by Gasteiger charge is -2.05. The van der Waals surface area contributed by atoms with Crippen molar-refractivity contribution >= 4 is 10.2 Å². The van der Waals surface area contributed by atoms with Crippen LogP contribution in [0.15, 0.2) is 30.3 Å². The van der Waals surface area contributed by atoms with E-state index in [2.05, 4.69) is 41.0 Å². The van der Waals surface area contributed by atoms with E-state index in [9.17, 15) is 0 Å². The van der Waals surface area contributed by atoms with Crippen LogP contribution < -0.4 is 10.6 Å². The van der Waals surface area contributed by atoms with Gasteiger partial charge < -0.3 is 10.6 Å². The fraction of sp³-hybridized carbons (Fsp3) is 0.769. The Bertz CT molecular complexity index is 424. The van der Waals surface area contributed by atoms with Crippen molar-refractivity contribution in [3.05, 3.63) is 35.9 Å². The number of hydrogen-bond donors (Lipinski definition) is 2. The fourth-order valence-corrected chi connectivity index (χ4v) is 4.23. The van der Waals surface area contributed by atoms with E-state index in [4.69, 9.17) is 0 Å². The van der Waals surface area contributed by atoms with Crippen molar-refractivity contribution in [2.24, 2.45) is 0 Å². The molecule has 0 spiro atoms. The number of benzene rings is 1. The van der Waals surface area contributed by atoms with Crippen molar-refractivity contribution in [2.75, 3.05) is 19.6 Å². The van der Waals surface area contributed by atoms with Crippen LogP contribution in [-0.2, 0) is 6.54 Å². The number of nitrogens with one attached hydrogen (secondary N) is 2. The van der Waals surface area contributed by atoms with Crippen molar-refractivity contribution < 1.29 is 0 Å². The highest BCUT2D eigenvalue weighted by atomic mass is 28.1. The van der Waals surface area contributed by atoms with Crippen LogP contribution in [0.2, 0.25) is 6.04 Å². The predicted octanol–water partition coefficient (Wildman–Crippen LogP) is 6.00. The van der Waals surface area contributed by atoms with Crippen LogP contribution in [0.3, 0.4) is 0 Å². The van der Waals surface area contributed by atoms with Gasteiger partial charge in [-0.3, -0.25) is 0 Å². The Kier molecular flexibility index (Phi) is 20.1. The molecule has 0 aliphatic rings. The minimum atomic E-state index is 1.01. The van der Waals surface area contributed by atoms with Crippen molar-refractivity contribution in [2.45, 2.75) is 109 Å². The lowest BCUT2D eigenvalue weighted by Crippen LogP contribution is -2.16. The molecule has 168 valence electrons. The van der Waals surface area contributed by atoms with Gasteiger partial charge in [0.2, 0.25) is 0 Å². The molecule has 0 atom stereocenters. The van der Waals surface area contributed by atoms with Gasteiger partial charge in [0, 0.05) is 16.8 Å². The molecule has 0 aromatic heterocycles. The third-order valence-electron chi connectivity index (χ3n) is 5.84. The molecule has 2 N–H and O–H groups in total. The second-order valence-corrected chi connectivity index (χ2v) is 9.72. The van der Waals surface area contributed by atoms with Crippen LogP contribution in [0.1, 0.15) is 102 Å². The largest absolute Gasteiger partial charge is 0.317 e. The first kappa shape index (κ1) is 26.4. The van der Waals surface area contributed by atoms with E-state index in [-0.39, 0.29) is 0 Å². The molecule has 0 bridgehead atoms. The summed E-state index contributed by atoms with van der Waals surface area (Å²) in [6.07, 6.45) is 21.4. The van der Waals surface area contributed by atoms with E-state index >= 15 is 0 Å². The number of hydrogen-bond acceptors (Lipinski definition) is 2. The van der Waals surface area contributed by atoms with E-state index in [1.807, 2.05) is 0 Å². The van der Waals surface area contributed by atoms with Gasteiger partial charge in [0.15, 0.2) is 0 Å². The highest BCUT2D eigenvalue weighted by Gasteiger charge is 1.95. The fourth-order valence-electron chi connectivity index (χ4n) is 3.88. The summed E-state index contributed by atoms with van der Waals surface area (Å²) in [4.78, 5) is 0. The minimum absolute atomic E-state index is 1.01. The van der Waals surface area contributed by atoms with E-state index < -0.39 is 0 Å². The summed E-state index contributed by atoms with van der Waals surface area (Å²) in [5.41, 5.74) is 1.39. The Morgan fingerprint density at radius 2 is 0.897 bits per heavy atom. The first-order chi connectivity index (χ1) is 14.4. The summed E-state index contributed by atoms with van der Waals surface area (Å²) in [5.74, 6) is 0. The van der Waals surface area contributed by atoms with Crippen molar-refractivity contribution in [3.63, 3.8) is 0 Å². The van der Waals surface area contributed by atoms with Gasteiger partial charge in [0.05, 0.1) is 0 Å². The highest BCUT2D eigenvalue weighted by Crippen LogP contribution is 2.12. The van der Waals surface area contributed by atoms with Gasteiger partial charge in [-0.2, -0.15) is 0 Å². The Balaban J connectivity index is 1.66. The molecular weight excluding hydrogens is 368 g/mol. The third-order valence-corrected chi connectivity index (χ3v) is 6.54. The molecule has 1 aromatic carbocycles. The van der Waals surface area contributed by atoms with Gasteiger partial charge in [0.25, 0.3) is 0 Å². The minimum Gasteiger partial charge on any atom is -0.317 e. The van der Waals surface area contributed by atoms with Crippen molar-refractivity contribution in [1.82, 2.24) is 10.6 Å². The lowest BCUT2D eigenvalue weighted by molar-refractivity contribution is 0.524. The lowest BCUT2D eigenvalue weighted by atomic mass is 10.0. The average Bonchev–Trinajstić information content (AvgIpc) is 2.75. The van der Waals surface area contributed by atoms with E-state index in [0.29, 0.717) is 0 Å². The quantitative estimate of drug-likeness (QED) is 0.178. The third kappa shape index (κ3) is 19.1. The monoisotopic (exact) mass is 418 g/mol. The molecule has 0 saturated carbocycles. The van der Waals surface area contributed by atoms with Gasteiger partial charge in [-0.05, 0) is 44.5 Å². The normalized spacial score (nSPS) is 11.3. The summed E-state index contributed by atoms with van der Waals surface area (Å²) in [5, 5.41) is 7.12. The van der Waals surface area contributed by atoms with Crippen LogP contribution in [0.25, 0.3) is 0 Å². The zero-order valence-electron chi connectivity index (χ0n) is 19.5. The number of rotatable bonds is 22. The van der Waals surface area contributed by atoms with Crippen LogP contribution in [0.4, 0.5) is 0 Å². The second-order valence-electron chi connectivity index (χ2n) is 8.72.